The largest absolute Gasteiger partial charge is 0.494 e. The molecule has 2 rings (SSSR count). The van der Waals surface area contributed by atoms with Crippen LogP contribution in [0.25, 0.3) is 0 Å². The molecule has 0 spiro atoms. The highest BCUT2D eigenvalue weighted by molar-refractivity contribution is 5.93. The number of benzene rings is 1. The molecule has 5 nitrogen and oxygen atoms in total. The lowest BCUT2D eigenvalue weighted by Gasteiger charge is -2.07. The summed E-state index contributed by atoms with van der Waals surface area (Å²) in [6, 6.07) is 10.8. The van der Waals surface area contributed by atoms with Gasteiger partial charge in [-0.25, -0.2) is 0 Å². The third kappa shape index (κ3) is 5.62. The maximum atomic E-state index is 11.9. The molecular weight excluding hydrogens is 292 g/mol. The van der Waals surface area contributed by atoms with Gasteiger partial charge < -0.3 is 15.0 Å². The fourth-order valence-corrected chi connectivity index (χ4v) is 2.06. The lowest BCUT2D eigenvalue weighted by atomic mass is 10.1. The van der Waals surface area contributed by atoms with Gasteiger partial charge in [-0.15, -0.1) is 0 Å². The van der Waals surface area contributed by atoms with Gasteiger partial charge in [0, 0.05) is 18.8 Å². The van der Waals surface area contributed by atoms with Crippen molar-refractivity contribution in [2.45, 2.75) is 26.2 Å². The van der Waals surface area contributed by atoms with E-state index in [0.717, 1.165) is 37.2 Å². The van der Waals surface area contributed by atoms with Crippen molar-refractivity contribution in [3.05, 3.63) is 64.1 Å². The van der Waals surface area contributed by atoms with Crippen LogP contribution < -0.4 is 15.6 Å². The highest BCUT2D eigenvalue weighted by atomic mass is 16.5. The quantitative estimate of drug-likeness (QED) is 0.736. The standard InChI is InChI=1S/C18H22N2O3/c1-2-3-12-23-16-7-4-14(5-8-16)10-11-19-18(22)15-6-9-17(21)20-13-15/h4-9,13H,2-3,10-12H2,1H3,(H,19,22)(H,20,21). The van der Waals surface area contributed by atoms with Gasteiger partial charge in [0.2, 0.25) is 5.56 Å². The number of ether oxygens (including phenoxy) is 1. The number of hydrogen-bond acceptors (Lipinski definition) is 3. The fraction of sp³-hybridized carbons (Fsp3) is 0.333. The molecule has 23 heavy (non-hydrogen) atoms. The molecule has 0 saturated heterocycles. The van der Waals surface area contributed by atoms with E-state index >= 15 is 0 Å². The van der Waals surface area contributed by atoms with Crippen LogP contribution in [0.15, 0.2) is 47.4 Å². The van der Waals surface area contributed by atoms with E-state index in [-0.39, 0.29) is 11.5 Å². The average molecular weight is 314 g/mol. The van der Waals surface area contributed by atoms with Gasteiger partial charge in [-0.05, 0) is 36.6 Å². The van der Waals surface area contributed by atoms with Gasteiger partial charge in [0.15, 0.2) is 0 Å². The number of nitrogens with one attached hydrogen (secondary N) is 2. The molecule has 0 bridgehead atoms. The minimum atomic E-state index is -0.220. The number of H-pyrrole nitrogens is 1. The number of pyridine rings is 1. The van der Waals surface area contributed by atoms with E-state index in [2.05, 4.69) is 17.2 Å². The van der Waals surface area contributed by atoms with Crippen LogP contribution in [-0.2, 0) is 6.42 Å². The van der Waals surface area contributed by atoms with E-state index in [9.17, 15) is 9.59 Å². The van der Waals surface area contributed by atoms with Crippen LogP contribution in [0.2, 0.25) is 0 Å². The highest BCUT2D eigenvalue weighted by Gasteiger charge is 2.04. The van der Waals surface area contributed by atoms with Crippen molar-refractivity contribution in [3.63, 3.8) is 0 Å². The molecule has 1 aromatic heterocycles. The van der Waals surface area contributed by atoms with Gasteiger partial charge in [-0.2, -0.15) is 0 Å². The Bertz CT molecular complexity index is 657. The van der Waals surface area contributed by atoms with Crippen LogP contribution in [0.5, 0.6) is 5.75 Å². The predicted molar refractivity (Wildman–Crippen MR) is 89.9 cm³/mol. The Morgan fingerprint density at radius 2 is 1.96 bits per heavy atom. The number of unbranched alkanes of at least 4 members (excludes halogenated alkanes) is 1. The first kappa shape index (κ1) is 16.8. The fourth-order valence-electron chi connectivity index (χ4n) is 2.06. The van der Waals surface area contributed by atoms with Crippen molar-refractivity contribution in [1.82, 2.24) is 10.3 Å². The third-order valence-corrected chi connectivity index (χ3v) is 3.44. The number of carbonyl (C=O) groups excluding carboxylic acids is 1. The van der Waals surface area contributed by atoms with Crippen LogP contribution >= 0.6 is 0 Å². The lowest BCUT2D eigenvalue weighted by Crippen LogP contribution is -2.26. The molecule has 0 fully saturated rings. The molecule has 0 aliphatic heterocycles. The van der Waals surface area contributed by atoms with Gasteiger partial charge >= 0.3 is 0 Å². The van der Waals surface area contributed by atoms with Crippen molar-refractivity contribution < 1.29 is 9.53 Å². The Hall–Kier alpha value is -2.56. The molecule has 0 saturated carbocycles. The van der Waals surface area contributed by atoms with Crippen LogP contribution in [0.3, 0.4) is 0 Å². The number of aromatic nitrogens is 1. The topological polar surface area (TPSA) is 71.2 Å². The molecular formula is C18H22N2O3. The molecule has 0 aliphatic carbocycles. The summed E-state index contributed by atoms with van der Waals surface area (Å²) in [5, 5.41) is 2.83. The van der Waals surface area contributed by atoms with Crippen molar-refractivity contribution in [3.8, 4) is 5.75 Å². The zero-order valence-corrected chi connectivity index (χ0v) is 13.3. The van der Waals surface area contributed by atoms with Crippen molar-refractivity contribution in [2.75, 3.05) is 13.2 Å². The monoisotopic (exact) mass is 314 g/mol. The maximum absolute atomic E-state index is 11.9. The van der Waals surface area contributed by atoms with E-state index in [1.807, 2.05) is 24.3 Å². The molecule has 0 aliphatic rings. The Balaban J connectivity index is 1.76. The Morgan fingerprint density at radius 3 is 2.61 bits per heavy atom. The molecule has 0 atom stereocenters. The van der Waals surface area contributed by atoms with Crippen LogP contribution in [0, 0.1) is 0 Å². The highest BCUT2D eigenvalue weighted by Crippen LogP contribution is 2.13. The van der Waals surface area contributed by atoms with E-state index in [0.29, 0.717) is 12.1 Å². The van der Waals surface area contributed by atoms with Gasteiger partial charge in [0.1, 0.15) is 5.75 Å². The summed E-state index contributed by atoms with van der Waals surface area (Å²) in [5.74, 6) is 0.681. The van der Waals surface area contributed by atoms with Crippen LogP contribution in [0.4, 0.5) is 0 Å². The Morgan fingerprint density at radius 1 is 1.17 bits per heavy atom. The molecule has 122 valence electrons. The second-order valence-electron chi connectivity index (χ2n) is 5.29. The zero-order valence-electron chi connectivity index (χ0n) is 13.3. The SMILES string of the molecule is CCCCOc1ccc(CCNC(=O)c2ccc(=O)[nH]c2)cc1. The Labute approximate surface area is 135 Å². The van der Waals surface area contributed by atoms with Crippen LogP contribution in [-0.4, -0.2) is 24.0 Å². The molecule has 1 amide bonds. The van der Waals surface area contributed by atoms with Gasteiger partial charge in [-0.3, -0.25) is 9.59 Å². The molecule has 2 N–H and O–H groups in total. The van der Waals surface area contributed by atoms with Crippen molar-refractivity contribution in [2.24, 2.45) is 0 Å². The first-order valence-electron chi connectivity index (χ1n) is 7.87. The maximum Gasteiger partial charge on any atom is 0.252 e. The number of aromatic amines is 1. The molecule has 2 aromatic rings. The molecule has 1 heterocycles. The van der Waals surface area contributed by atoms with E-state index in [1.54, 1.807) is 0 Å². The number of rotatable bonds is 8. The van der Waals surface area contributed by atoms with Crippen LogP contribution in [0.1, 0.15) is 35.7 Å². The van der Waals surface area contributed by atoms with Crippen molar-refractivity contribution in [1.29, 1.82) is 0 Å². The first-order chi connectivity index (χ1) is 11.2. The van der Waals surface area contributed by atoms with Gasteiger partial charge in [0.05, 0.1) is 12.2 Å². The predicted octanol–water partition coefficient (Wildman–Crippen LogP) is 2.53. The van der Waals surface area contributed by atoms with E-state index < -0.39 is 0 Å². The smallest absolute Gasteiger partial charge is 0.252 e. The van der Waals surface area contributed by atoms with Gasteiger partial charge in [-0.1, -0.05) is 25.5 Å². The number of carbonyl (C=O) groups is 1. The summed E-state index contributed by atoms with van der Waals surface area (Å²) in [6.45, 7) is 3.41. The number of amides is 1. The van der Waals surface area contributed by atoms with E-state index in [1.165, 1.54) is 18.3 Å². The first-order valence-corrected chi connectivity index (χ1v) is 7.87. The lowest BCUT2D eigenvalue weighted by molar-refractivity contribution is 0.0953. The zero-order chi connectivity index (χ0) is 16.5. The summed E-state index contributed by atoms with van der Waals surface area (Å²) < 4.78 is 5.61. The van der Waals surface area contributed by atoms with Crippen molar-refractivity contribution >= 4 is 5.91 Å². The average Bonchev–Trinajstić information content (AvgIpc) is 2.57. The second-order valence-corrected chi connectivity index (χ2v) is 5.29. The summed E-state index contributed by atoms with van der Waals surface area (Å²) in [7, 11) is 0. The minimum Gasteiger partial charge on any atom is -0.494 e. The second kappa shape index (κ2) is 8.78. The summed E-state index contributed by atoms with van der Waals surface area (Å²) >= 11 is 0. The number of hydrogen-bond donors (Lipinski definition) is 2. The summed E-state index contributed by atoms with van der Waals surface area (Å²) in [4.78, 5) is 25.3. The Kier molecular flexibility index (Phi) is 6.41. The molecule has 5 heteroatoms. The van der Waals surface area contributed by atoms with Gasteiger partial charge in [0.25, 0.3) is 5.91 Å². The molecule has 0 radical (unpaired) electrons. The minimum absolute atomic E-state index is 0.194. The normalized spacial score (nSPS) is 10.3. The summed E-state index contributed by atoms with van der Waals surface area (Å²) in [6.07, 6.45) is 4.33. The molecule has 1 aromatic carbocycles. The summed E-state index contributed by atoms with van der Waals surface area (Å²) in [5.41, 5.74) is 1.36. The van der Waals surface area contributed by atoms with E-state index in [4.69, 9.17) is 4.74 Å². The third-order valence-electron chi connectivity index (χ3n) is 3.44. The molecule has 0 unspecified atom stereocenters.